The minimum atomic E-state index is 0. The lowest BCUT2D eigenvalue weighted by atomic mass is 10.1. The van der Waals surface area contributed by atoms with Crippen LogP contribution in [0.2, 0.25) is 0 Å². The standard InChI is InChI=1S/C20H29N5.HI/c1-4-6-7-16-24(3)20(21-5-2)22-15-13-18-9-11-19(12-10-18)25-17-8-14-23-25;/h4,8-12,14,17H,1,5-7,13,15-16H2,2-3H3,(H,21,22);1H. The zero-order valence-corrected chi connectivity index (χ0v) is 18.1. The molecular formula is C20H30IN5. The van der Waals surface area contributed by atoms with Gasteiger partial charge in [-0.1, -0.05) is 18.2 Å². The second-order valence-corrected chi connectivity index (χ2v) is 5.96. The van der Waals surface area contributed by atoms with Gasteiger partial charge in [-0.15, -0.1) is 30.6 Å². The van der Waals surface area contributed by atoms with Gasteiger partial charge >= 0.3 is 0 Å². The smallest absolute Gasteiger partial charge is 0.193 e. The van der Waals surface area contributed by atoms with Gasteiger partial charge in [0.1, 0.15) is 0 Å². The molecular weight excluding hydrogens is 437 g/mol. The van der Waals surface area contributed by atoms with Crippen LogP contribution in [0.25, 0.3) is 5.69 Å². The van der Waals surface area contributed by atoms with E-state index < -0.39 is 0 Å². The van der Waals surface area contributed by atoms with Gasteiger partial charge in [-0.25, -0.2) is 4.68 Å². The van der Waals surface area contributed by atoms with Gasteiger partial charge in [0.05, 0.1) is 5.69 Å². The van der Waals surface area contributed by atoms with Crippen LogP contribution in [-0.2, 0) is 6.42 Å². The van der Waals surface area contributed by atoms with Crippen molar-refractivity contribution < 1.29 is 0 Å². The van der Waals surface area contributed by atoms with Gasteiger partial charge in [0, 0.05) is 39.1 Å². The Hall–Kier alpha value is -1.83. The molecule has 0 saturated heterocycles. The van der Waals surface area contributed by atoms with Crippen LogP contribution in [0.4, 0.5) is 0 Å². The van der Waals surface area contributed by atoms with E-state index >= 15 is 0 Å². The number of nitrogens with zero attached hydrogens (tertiary/aromatic N) is 4. The fourth-order valence-electron chi connectivity index (χ4n) is 2.58. The Morgan fingerprint density at radius 2 is 2.12 bits per heavy atom. The maximum atomic E-state index is 4.75. The van der Waals surface area contributed by atoms with Crippen molar-refractivity contribution in [3.63, 3.8) is 0 Å². The molecule has 0 spiro atoms. The van der Waals surface area contributed by atoms with Gasteiger partial charge in [-0.05, 0) is 49.9 Å². The van der Waals surface area contributed by atoms with Crippen molar-refractivity contribution in [1.82, 2.24) is 20.0 Å². The molecule has 0 radical (unpaired) electrons. The molecule has 5 nitrogen and oxygen atoms in total. The van der Waals surface area contributed by atoms with Crippen molar-refractivity contribution >= 4 is 29.9 Å². The maximum Gasteiger partial charge on any atom is 0.193 e. The number of guanidine groups is 1. The van der Waals surface area contributed by atoms with Gasteiger partial charge in [0.2, 0.25) is 0 Å². The fourth-order valence-corrected chi connectivity index (χ4v) is 2.58. The Labute approximate surface area is 174 Å². The number of aromatic nitrogens is 2. The SMILES string of the molecule is C=CCCCN(C)C(=NCCc1ccc(-n2cccn2)cc1)NCC.I. The summed E-state index contributed by atoms with van der Waals surface area (Å²) in [5, 5.41) is 7.61. The van der Waals surface area contributed by atoms with Crippen molar-refractivity contribution in [1.29, 1.82) is 0 Å². The van der Waals surface area contributed by atoms with E-state index in [1.54, 1.807) is 6.20 Å². The van der Waals surface area contributed by atoms with E-state index in [0.29, 0.717) is 0 Å². The van der Waals surface area contributed by atoms with E-state index in [1.807, 2.05) is 23.0 Å². The number of unbranched alkanes of at least 4 members (excludes halogenated alkanes) is 1. The molecule has 26 heavy (non-hydrogen) atoms. The summed E-state index contributed by atoms with van der Waals surface area (Å²) in [6, 6.07) is 10.4. The number of hydrogen-bond donors (Lipinski definition) is 1. The number of aliphatic imine (C=N–C) groups is 1. The molecule has 0 aliphatic carbocycles. The van der Waals surface area contributed by atoms with Crippen LogP contribution in [0.1, 0.15) is 25.3 Å². The predicted molar refractivity (Wildman–Crippen MR) is 121 cm³/mol. The van der Waals surface area contributed by atoms with Gasteiger partial charge in [0.25, 0.3) is 0 Å². The number of rotatable bonds is 9. The third-order valence-electron chi connectivity index (χ3n) is 3.97. The van der Waals surface area contributed by atoms with Crippen LogP contribution in [-0.4, -0.2) is 47.3 Å². The van der Waals surface area contributed by atoms with Crippen LogP contribution in [0.5, 0.6) is 0 Å². The summed E-state index contributed by atoms with van der Waals surface area (Å²) in [6.45, 7) is 8.51. The van der Waals surface area contributed by atoms with Crippen molar-refractivity contribution in [2.24, 2.45) is 4.99 Å². The number of hydrogen-bond acceptors (Lipinski definition) is 2. The largest absolute Gasteiger partial charge is 0.357 e. The van der Waals surface area contributed by atoms with E-state index in [1.165, 1.54) is 5.56 Å². The zero-order chi connectivity index (χ0) is 17.9. The molecule has 1 N–H and O–H groups in total. The first-order valence-corrected chi connectivity index (χ1v) is 8.94. The number of benzene rings is 1. The quantitative estimate of drug-likeness (QED) is 0.200. The van der Waals surface area contributed by atoms with Crippen LogP contribution >= 0.6 is 24.0 Å². The topological polar surface area (TPSA) is 45.5 Å². The number of nitrogens with one attached hydrogen (secondary N) is 1. The molecule has 0 saturated carbocycles. The highest BCUT2D eigenvalue weighted by Gasteiger charge is 2.04. The second kappa shape index (κ2) is 12.5. The number of halogens is 1. The minimum absolute atomic E-state index is 0. The molecule has 0 aliphatic rings. The molecule has 1 aromatic carbocycles. The normalized spacial score (nSPS) is 10.9. The first-order chi connectivity index (χ1) is 12.2. The molecule has 0 fully saturated rings. The number of allylic oxidation sites excluding steroid dienone is 1. The van der Waals surface area contributed by atoms with Gasteiger partial charge in [0.15, 0.2) is 5.96 Å². The van der Waals surface area contributed by atoms with Crippen LogP contribution in [0.15, 0.2) is 60.4 Å². The lowest BCUT2D eigenvalue weighted by Crippen LogP contribution is -2.39. The van der Waals surface area contributed by atoms with E-state index in [-0.39, 0.29) is 24.0 Å². The molecule has 1 aromatic heterocycles. The third kappa shape index (κ3) is 7.19. The Kier molecular flexibility index (Phi) is 10.7. The lowest BCUT2D eigenvalue weighted by molar-refractivity contribution is 0.470. The average Bonchev–Trinajstić information content (AvgIpc) is 3.16. The highest BCUT2D eigenvalue weighted by Crippen LogP contribution is 2.09. The highest BCUT2D eigenvalue weighted by atomic mass is 127. The predicted octanol–water partition coefficient (Wildman–Crippen LogP) is 3.90. The monoisotopic (exact) mass is 467 g/mol. The molecule has 0 aliphatic heterocycles. The van der Waals surface area contributed by atoms with Crippen molar-refractivity contribution in [2.75, 3.05) is 26.7 Å². The zero-order valence-electron chi connectivity index (χ0n) is 15.8. The molecule has 1 heterocycles. The van der Waals surface area contributed by atoms with Crippen molar-refractivity contribution in [3.8, 4) is 5.69 Å². The lowest BCUT2D eigenvalue weighted by Gasteiger charge is -2.21. The molecule has 142 valence electrons. The van der Waals surface area contributed by atoms with Crippen molar-refractivity contribution in [3.05, 3.63) is 60.9 Å². The molecule has 0 bridgehead atoms. The van der Waals surface area contributed by atoms with Gasteiger partial charge in [-0.2, -0.15) is 5.10 Å². The van der Waals surface area contributed by atoms with Crippen LogP contribution in [0, 0.1) is 0 Å². The summed E-state index contributed by atoms with van der Waals surface area (Å²) in [5.74, 6) is 0.972. The Morgan fingerprint density at radius 3 is 2.73 bits per heavy atom. The summed E-state index contributed by atoms with van der Waals surface area (Å²) in [4.78, 5) is 6.94. The molecule has 6 heteroatoms. The first kappa shape index (κ1) is 22.2. The summed E-state index contributed by atoms with van der Waals surface area (Å²) in [5.41, 5.74) is 2.36. The Morgan fingerprint density at radius 1 is 1.35 bits per heavy atom. The fraction of sp³-hybridized carbons (Fsp3) is 0.400. The first-order valence-electron chi connectivity index (χ1n) is 8.94. The third-order valence-corrected chi connectivity index (χ3v) is 3.97. The Bertz CT molecular complexity index is 649. The van der Waals surface area contributed by atoms with Crippen molar-refractivity contribution in [2.45, 2.75) is 26.2 Å². The molecule has 2 rings (SSSR count). The maximum absolute atomic E-state index is 4.75. The molecule has 0 atom stereocenters. The Balaban J connectivity index is 0.00000338. The van der Waals surface area contributed by atoms with Gasteiger partial charge in [-0.3, -0.25) is 4.99 Å². The average molecular weight is 467 g/mol. The second-order valence-electron chi connectivity index (χ2n) is 5.96. The summed E-state index contributed by atoms with van der Waals surface area (Å²) in [6.07, 6.45) is 8.76. The molecule has 0 amide bonds. The van der Waals surface area contributed by atoms with E-state index in [0.717, 1.165) is 50.5 Å². The minimum Gasteiger partial charge on any atom is -0.357 e. The molecule has 2 aromatic rings. The molecule has 0 unspecified atom stereocenters. The van der Waals surface area contributed by atoms with E-state index in [2.05, 4.69) is 60.1 Å². The summed E-state index contributed by atoms with van der Waals surface area (Å²) < 4.78 is 1.86. The van der Waals surface area contributed by atoms with E-state index in [4.69, 9.17) is 4.99 Å². The summed E-state index contributed by atoms with van der Waals surface area (Å²) >= 11 is 0. The summed E-state index contributed by atoms with van der Waals surface area (Å²) in [7, 11) is 2.09. The van der Waals surface area contributed by atoms with Crippen LogP contribution in [0.3, 0.4) is 0 Å². The highest BCUT2D eigenvalue weighted by molar-refractivity contribution is 14.0. The van der Waals surface area contributed by atoms with Gasteiger partial charge < -0.3 is 10.2 Å². The van der Waals surface area contributed by atoms with Crippen LogP contribution < -0.4 is 5.32 Å². The van der Waals surface area contributed by atoms with E-state index in [9.17, 15) is 0 Å².